The van der Waals surface area contributed by atoms with Crippen LogP contribution in [0.15, 0.2) is 18.3 Å². The number of carbonyl (C=O) groups excluding carboxylic acids is 1. The van der Waals surface area contributed by atoms with Crippen molar-refractivity contribution in [1.29, 1.82) is 0 Å². The highest BCUT2D eigenvalue weighted by atomic mass is 32.2. The summed E-state index contributed by atoms with van der Waals surface area (Å²) in [4.78, 5) is 17.9. The zero-order valence-electron chi connectivity index (χ0n) is 9.46. The first-order chi connectivity index (χ1) is 8.20. The van der Waals surface area contributed by atoms with Crippen LogP contribution < -0.4 is 5.73 Å². The van der Waals surface area contributed by atoms with Crippen molar-refractivity contribution in [3.05, 3.63) is 29.6 Å². The predicted molar refractivity (Wildman–Crippen MR) is 65.9 cm³/mol. The average molecular weight is 253 g/mol. The largest absolute Gasteiger partial charge is 0.337 e. The predicted octanol–water partition coefficient (Wildman–Crippen LogP) is -0.255. The van der Waals surface area contributed by atoms with Gasteiger partial charge in [0, 0.05) is 53.7 Å². The van der Waals surface area contributed by atoms with E-state index in [-0.39, 0.29) is 5.91 Å². The van der Waals surface area contributed by atoms with E-state index in [9.17, 15) is 9.00 Å². The minimum atomic E-state index is -0.766. The number of pyridine rings is 1. The summed E-state index contributed by atoms with van der Waals surface area (Å²) in [5, 5.41) is 0. The molecule has 0 bridgehead atoms. The van der Waals surface area contributed by atoms with Crippen molar-refractivity contribution < 1.29 is 9.00 Å². The molecule has 17 heavy (non-hydrogen) atoms. The van der Waals surface area contributed by atoms with Gasteiger partial charge in [0.15, 0.2) is 0 Å². The molecule has 5 nitrogen and oxygen atoms in total. The van der Waals surface area contributed by atoms with Gasteiger partial charge < -0.3 is 10.6 Å². The number of amides is 1. The van der Waals surface area contributed by atoms with Gasteiger partial charge in [0.25, 0.3) is 5.91 Å². The summed E-state index contributed by atoms with van der Waals surface area (Å²) in [5.41, 5.74) is 6.80. The molecule has 0 aromatic carbocycles. The summed E-state index contributed by atoms with van der Waals surface area (Å²) < 4.78 is 11.2. The first-order valence-corrected chi connectivity index (χ1v) is 6.99. The highest BCUT2D eigenvalue weighted by molar-refractivity contribution is 7.85. The van der Waals surface area contributed by atoms with Gasteiger partial charge in [0.2, 0.25) is 0 Å². The van der Waals surface area contributed by atoms with Gasteiger partial charge >= 0.3 is 0 Å². The first kappa shape index (κ1) is 12.2. The highest BCUT2D eigenvalue weighted by Gasteiger charge is 2.21. The summed E-state index contributed by atoms with van der Waals surface area (Å²) in [5.74, 6) is 1.11. The van der Waals surface area contributed by atoms with Gasteiger partial charge in [-0.05, 0) is 12.1 Å². The summed E-state index contributed by atoms with van der Waals surface area (Å²) in [6, 6.07) is 3.40. The molecular formula is C11H15N3O2S. The summed E-state index contributed by atoms with van der Waals surface area (Å²) in [6.07, 6.45) is 1.59. The number of rotatable bonds is 2. The molecule has 1 aromatic heterocycles. The van der Waals surface area contributed by atoms with E-state index < -0.39 is 10.8 Å². The minimum absolute atomic E-state index is 0.0289. The molecule has 2 heterocycles. The quantitative estimate of drug-likeness (QED) is 0.788. The van der Waals surface area contributed by atoms with E-state index in [0.29, 0.717) is 42.4 Å². The lowest BCUT2D eigenvalue weighted by Crippen LogP contribution is -2.41. The maximum Gasteiger partial charge on any atom is 0.254 e. The van der Waals surface area contributed by atoms with Crippen LogP contribution in [0.25, 0.3) is 0 Å². The van der Waals surface area contributed by atoms with E-state index in [1.165, 1.54) is 0 Å². The summed E-state index contributed by atoms with van der Waals surface area (Å²) >= 11 is 0. The molecule has 0 atom stereocenters. The molecule has 2 rings (SSSR count). The molecule has 6 heteroatoms. The van der Waals surface area contributed by atoms with Gasteiger partial charge in [-0.25, -0.2) is 0 Å². The second kappa shape index (κ2) is 5.37. The fourth-order valence-corrected chi connectivity index (χ4v) is 2.80. The lowest BCUT2D eigenvalue weighted by molar-refractivity contribution is 0.0771. The molecule has 0 unspecified atom stereocenters. The zero-order chi connectivity index (χ0) is 12.3. The Morgan fingerprint density at radius 2 is 2.18 bits per heavy atom. The van der Waals surface area contributed by atoms with E-state index in [4.69, 9.17) is 5.73 Å². The van der Waals surface area contributed by atoms with E-state index >= 15 is 0 Å². The Morgan fingerprint density at radius 1 is 1.47 bits per heavy atom. The van der Waals surface area contributed by atoms with E-state index in [0.717, 1.165) is 0 Å². The Hall–Kier alpha value is -1.27. The van der Waals surface area contributed by atoms with Gasteiger partial charge in [0.05, 0.1) is 5.69 Å². The standard InChI is InChI=1S/C11H15N3O2S/c12-8-10-7-9(1-2-13-10)11(15)14-3-5-17(16)6-4-14/h1-2,7H,3-6,8,12H2. The topological polar surface area (TPSA) is 76.3 Å². The van der Waals surface area contributed by atoms with Gasteiger partial charge in [-0.1, -0.05) is 0 Å². The third-order valence-corrected chi connectivity index (χ3v) is 4.01. The van der Waals surface area contributed by atoms with Gasteiger partial charge in [-0.15, -0.1) is 0 Å². The lowest BCUT2D eigenvalue weighted by atomic mass is 10.2. The van der Waals surface area contributed by atoms with Crippen molar-refractivity contribution in [2.24, 2.45) is 5.73 Å². The molecule has 1 saturated heterocycles. The Morgan fingerprint density at radius 3 is 2.82 bits per heavy atom. The lowest BCUT2D eigenvalue weighted by Gasteiger charge is -2.26. The Balaban J connectivity index is 2.10. The van der Waals surface area contributed by atoms with Crippen molar-refractivity contribution in [2.45, 2.75) is 6.54 Å². The summed E-state index contributed by atoms with van der Waals surface area (Å²) in [6.45, 7) is 1.45. The maximum absolute atomic E-state index is 12.1. The zero-order valence-corrected chi connectivity index (χ0v) is 10.3. The van der Waals surface area contributed by atoms with E-state index in [2.05, 4.69) is 4.98 Å². The first-order valence-electron chi connectivity index (χ1n) is 5.50. The fourth-order valence-electron chi connectivity index (χ4n) is 1.75. The average Bonchev–Trinajstić information content (AvgIpc) is 2.39. The SMILES string of the molecule is NCc1cc(C(=O)N2CCS(=O)CC2)ccn1. The molecule has 1 aliphatic rings. The summed E-state index contributed by atoms with van der Waals surface area (Å²) in [7, 11) is -0.766. The van der Waals surface area contributed by atoms with Crippen molar-refractivity contribution in [3.63, 3.8) is 0 Å². The van der Waals surface area contributed by atoms with Crippen molar-refractivity contribution in [2.75, 3.05) is 24.6 Å². The number of nitrogens with two attached hydrogens (primary N) is 1. The van der Waals surface area contributed by atoms with Crippen LogP contribution in [-0.2, 0) is 17.3 Å². The van der Waals surface area contributed by atoms with Crippen LogP contribution in [0.4, 0.5) is 0 Å². The van der Waals surface area contributed by atoms with Crippen LogP contribution in [-0.4, -0.2) is 44.6 Å². The van der Waals surface area contributed by atoms with Crippen LogP contribution in [0.5, 0.6) is 0 Å². The van der Waals surface area contributed by atoms with Crippen LogP contribution >= 0.6 is 0 Å². The van der Waals surface area contributed by atoms with Gasteiger partial charge in [-0.2, -0.15) is 0 Å². The monoisotopic (exact) mass is 253 g/mol. The van der Waals surface area contributed by atoms with Crippen molar-refractivity contribution in [3.8, 4) is 0 Å². The van der Waals surface area contributed by atoms with E-state index in [1.54, 1.807) is 23.2 Å². The van der Waals surface area contributed by atoms with Gasteiger partial charge in [-0.3, -0.25) is 14.0 Å². The van der Waals surface area contributed by atoms with Crippen LogP contribution in [0, 0.1) is 0 Å². The molecule has 0 aliphatic carbocycles. The Kier molecular flexibility index (Phi) is 3.86. The van der Waals surface area contributed by atoms with Gasteiger partial charge in [0.1, 0.15) is 0 Å². The minimum Gasteiger partial charge on any atom is -0.337 e. The number of carbonyl (C=O) groups is 1. The molecule has 2 N–H and O–H groups in total. The highest BCUT2D eigenvalue weighted by Crippen LogP contribution is 2.09. The smallest absolute Gasteiger partial charge is 0.254 e. The number of hydrogen-bond donors (Lipinski definition) is 1. The normalized spacial score (nSPS) is 17.1. The number of aromatic nitrogens is 1. The number of nitrogens with zero attached hydrogens (tertiary/aromatic N) is 2. The molecule has 0 radical (unpaired) electrons. The molecule has 92 valence electrons. The Labute approximate surface area is 102 Å². The molecular weight excluding hydrogens is 238 g/mol. The van der Waals surface area contributed by atoms with E-state index in [1.807, 2.05) is 0 Å². The molecule has 0 saturated carbocycles. The molecule has 1 aliphatic heterocycles. The van der Waals surface area contributed by atoms with Crippen LogP contribution in [0.3, 0.4) is 0 Å². The Bertz CT molecular complexity index is 440. The molecule has 0 spiro atoms. The van der Waals surface area contributed by atoms with Crippen molar-refractivity contribution >= 4 is 16.7 Å². The molecule has 1 amide bonds. The molecule has 1 aromatic rings. The maximum atomic E-state index is 12.1. The van der Waals surface area contributed by atoms with Crippen LogP contribution in [0.1, 0.15) is 16.1 Å². The molecule has 1 fully saturated rings. The second-order valence-corrected chi connectivity index (χ2v) is 5.58. The third kappa shape index (κ3) is 2.89. The fraction of sp³-hybridized carbons (Fsp3) is 0.455. The van der Waals surface area contributed by atoms with Crippen molar-refractivity contribution in [1.82, 2.24) is 9.88 Å². The third-order valence-electron chi connectivity index (χ3n) is 2.74. The number of hydrogen-bond acceptors (Lipinski definition) is 4. The van der Waals surface area contributed by atoms with Crippen LogP contribution in [0.2, 0.25) is 0 Å². The second-order valence-electron chi connectivity index (χ2n) is 3.88.